The van der Waals surface area contributed by atoms with Gasteiger partial charge in [0.1, 0.15) is 0 Å². The average molecular weight is 308 g/mol. The van der Waals surface area contributed by atoms with E-state index in [1.807, 2.05) is 44.2 Å². The molecule has 3 atom stereocenters. The van der Waals surface area contributed by atoms with E-state index >= 15 is 0 Å². The van der Waals surface area contributed by atoms with Gasteiger partial charge in [0.05, 0.1) is 6.04 Å². The van der Waals surface area contributed by atoms with Crippen LogP contribution in [0.5, 0.6) is 0 Å². The Morgan fingerprint density at radius 3 is 2.57 bits per heavy atom. The predicted octanol–water partition coefficient (Wildman–Crippen LogP) is 4.02. The first-order valence-corrected chi connectivity index (χ1v) is 8.24. The molecule has 0 radical (unpaired) electrons. The molecule has 0 bridgehead atoms. The third-order valence-corrected chi connectivity index (χ3v) is 4.70. The zero-order valence-corrected chi connectivity index (χ0v) is 14.0. The molecule has 120 valence electrons. The Morgan fingerprint density at radius 1 is 1.17 bits per heavy atom. The van der Waals surface area contributed by atoms with Crippen LogP contribution in [0, 0.1) is 12.8 Å². The van der Waals surface area contributed by atoms with Crippen LogP contribution >= 0.6 is 0 Å². The lowest BCUT2D eigenvalue weighted by Crippen LogP contribution is -2.56. The molecule has 1 N–H and O–H groups in total. The van der Waals surface area contributed by atoms with Gasteiger partial charge in [-0.1, -0.05) is 49.4 Å². The number of rotatable bonds is 4. The number of amides is 1. The molecule has 1 fully saturated rings. The second-order valence-electron chi connectivity index (χ2n) is 6.56. The highest BCUT2D eigenvalue weighted by Gasteiger charge is 2.41. The van der Waals surface area contributed by atoms with E-state index in [-0.39, 0.29) is 11.9 Å². The molecule has 0 spiro atoms. The van der Waals surface area contributed by atoms with Crippen LogP contribution in [0.25, 0.3) is 0 Å². The monoisotopic (exact) mass is 308 g/mol. The zero-order valence-electron chi connectivity index (χ0n) is 14.0. The third-order valence-electron chi connectivity index (χ3n) is 4.70. The van der Waals surface area contributed by atoms with Gasteiger partial charge in [-0.15, -0.1) is 0 Å². The first kappa shape index (κ1) is 15.8. The molecule has 3 rings (SSSR count). The van der Waals surface area contributed by atoms with Crippen LogP contribution < -0.4 is 5.32 Å². The molecule has 0 aromatic heterocycles. The summed E-state index contributed by atoms with van der Waals surface area (Å²) in [6.07, 6.45) is 0. The van der Waals surface area contributed by atoms with Crippen molar-refractivity contribution >= 4 is 11.6 Å². The molecule has 1 aliphatic rings. The van der Waals surface area contributed by atoms with Gasteiger partial charge < -0.3 is 5.32 Å². The number of nitrogens with one attached hydrogen (secondary N) is 1. The molecule has 1 aliphatic heterocycles. The van der Waals surface area contributed by atoms with E-state index in [1.54, 1.807) is 0 Å². The van der Waals surface area contributed by atoms with Gasteiger partial charge in [-0.05, 0) is 43.0 Å². The summed E-state index contributed by atoms with van der Waals surface area (Å²) in [5.41, 5.74) is 3.31. The quantitative estimate of drug-likeness (QED) is 0.925. The Bertz CT molecular complexity index is 683. The fourth-order valence-electron chi connectivity index (χ4n) is 3.42. The minimum Gasteiger partial charge on any atom is -0.325 e. The van der Waals surface area contributed by atoms with Gasteiger partial charge >= 0.3 is 0 Å². The number of nitrogens with zero attached hydrogens (tertiary/aromatic N) is 1. The first-order chi connectivity index (χ1) is 11.1. The molecule has 2 aromatic rings. The van der Waals surface area contributed by atoms with E-state index in [4.69, 9.17) is 0 Å². The Labute approximate surface area is 138 Å². The Hall–Kier alpha value is -2.13. The van der Waals surface area contributed by atoms with Crippen molar-refractivity contribution in [2.45, 2.75) is 32.9 Å². The van der Waals surface area contributed by atoms with Gasteiger partial charge in [0.15, 0.2) is 0 Å². The SMILES string of the molecule is Cc1cccc(NC(=O)[C@H](C)N2C[C@H](C)[C@H]2c2ccccc2)c1. The summed E-state index contributed by atoms with van der Waals surface area (Å²) in [5, 5.41) is 3.04. The second-order valence-corrected chi connectivity index (χ2v) is 6.56. The first-order valence-electron chi connectivity index (χ1n) is 8.24. The lowest BCUT2D eigenvalue weighted by Gasteiger charge is -2.49. The van der Waals surface area contributed by atoms with Crippen LogP contribution in [-0.2, 0) is 4.79 Å². The summed E-state index contributed by atoms with van der Waals surface area (Å²) >= 11 is 0. The van der Waals surface area contributed by atoms with Crippen molar-refractivity contribution in [3.63, 3.8) is 0 Å². The largest absolute Gasteiger partial charge is 0.325 e. The van der Waals surface area contributed by atoms with Crippen molar-refractivity contribution < 1.29 is 4.79 Å². The Morgan fingerprint density at radius 2 is 1.91 bits per heavy atom. The van der Waals surface area contributed by atoms with Crippen LogP contribution in [0.4, 0.5) is 5.69 Å². The van der Waals surface area contributed by atoms with Crippen molar-refractivity contribution in [3.05, 3.63) is 65.7 Å². The van der Waals surface area contributed by atoms with Crippen molar-refractivity contribution in [1.29, 1.82) is 0 Å². The minimum absolute atomic E-state index is 0.0587. The fraction of sp³-hybridized carbons (Fsp3) is 0.350. The molecular formula is C20H24N2O. The molecule has 1 amide bonds. The van der Waals surface area contributed by atoms with Crippen LogP contribution in [0.2, 0.25) is 0 Å². The topological polar surface area (TPSA) is 32.3 Å². The molecule has 1 saturated heterocycles. The van der Waals surface area contributed by atoms with Crippen molar-refractivity contribution in [1.82, 2.24) is 4.90 Å². The van der Waals surface area contributed by atoms with E-state index in [0.29, 0.717) is 12.0 Å². The lowest BCUT2D eigenvalue weighted by atomic mass is 9.83. The maximum Gasteiger partial charge on any atom is 0.241 e. The summed E-state index contributed by atoms with van der Waals surface area (Å²) in [5.74, 6) is 0.634. The highest BCUT2D eigenvalue weighted by atomic mass is 16.2. The standard InChI is InChI=1S/C20H24N2O/c1-14-8-7-11-18(12-14)21-20(23)16(3)22-13-15(2)19(22)17-9-5-4-6-10-17/h4-12,15-16,19H,13H2,1-3H3,(H,21,23)/t15-,16-,19-/m0/s1. The zero-order chi connectivity index (χ0) is 16.4. The summed E-state index contributed by atoms with van der Waals surface area (Å²) in [6, 6.07) is 18.6. The molecular weight excluding hydrogens is 284 g/mol. The van der Waals surface area contributed by atoms with Gasteiger partial charge in [0, 0.05) is 18.3 Å². The van der Waals surface area contributed by atoms with Crippen molar-refractivity contribution in [2.24, 2.45) is 5.92 Å². The lowest BCUT2D eigenvalue weighted by molar-refractivity contribution is -0.126. The number of hydrogen-bond donors (Lipinski definition) is 1. The van der Waals surface area contributed by atoms with E-state index in [9.17, 15) is 4.79 Å². The number of carbonyl (C=O) groups is 1. The van der Waals surface area contributed by atoms with Gasteiger partial charge in [0.25, 0.3) is 0 Å². The van der Waals surface area contributed by atoms with Crippen LogP contribution in [0.1, 0.15) is 31.0 Å². The van der Waals surface area contributed by atoms with E-state index in [1.165, 1.54) is 5.56 Å². The number of aryl methyl sites for hydroxylation is 1. The summed E-state index contributed by atoms with van der Waals surface area (Å²) in [6.45, 7) is 7.23. The second kappa shape index (κ2) is 6.55. The minimum atomic E-state index is -0.142. The number of benzene rings is 2. The number of likely N-dealkylation sites (tertiary alicyclic amines) is 1. The molecule has 3 heteroatoms. The van der Waals surface area contributed by atoms with E-state index < -0.39 is 0 Å². The van der Waals surface area contributed by atoms with Gasteiger partial charge in [0.2, 0.25) is 5.91 Å². The molecule has 0 saturated carbocycles. The third kappa shape index (κ3) is 3.30. The normalized spacial score (nSPS) is 22.2. The highest BCUT2D eigenvalue weighted by molar-refractivity contribution is 5.94. The molecule has 1 heterocycles. The van der Waals surface area contributed by atoms with Crippen LogP contribution in [0.15, 0.2) is 54.6 Å². The summed E-state index contributed by atoms with van der Waals surface area (Å²) < 4.78 is 0. The fourth-order valence-corrected chi connectivity index (χ4v) is 3.42. The number of hydrogen-bond acceptors (Lipinski definition) is 2. The van der Waals surface area contributed by atoms with Crippen molar-refractivity contribution in [3.8, 4) is 0 Å². The van der Waals surface area contributed by atoms with Gasteiger partial charge in [-0.25, -0.2) is 0 Å². The van der Waals surface area contributed by atoms with Gasteiger partial charge in [-0.2, -0.15) is 0 Å². The smallest absolute Gasteiger partial charge is 0.241 e. The molecule has 0 unspecified atom stereocenters. The Kier molecular flexibility index (Phi) is 4.49. The maximum absolute atomic E-state index is 12.6. The number of carbonyl (C=O) groups excluding carboxylic acids is 1. The molecule has 23 heavy (non-hydrogen) atoms. The molecule has 0 aliphatic carbocycles. The van der Waals surface area contributed by atoms with Crippen LogP contribution in [-0.4, -0.2) is 23.4 Å². The van der Waals surface area contributed by atoms with E-state index in [0.717, 1.165) is 17.8 Å². The average Bonchev–Trinajstić information content (AvgIpc) is 2.53. The molecule has 3 nitrogen and oxygen atoms in total. The predicted molar refractivity (Wildman–Crippen MR) is 94.3 cm³/mol. The number of anilines is 1. The molecule has 2 aromatic carbocycles. The van der Waals surface area contributed by atoms with E-state index in [2.05, 4.69) is 41.4 Å². The Balaban J connectivity index is 1.70. The van der Waals surface area contributed by atoms with Crippen molar-refractivity contribution in [2.75, 3.05) is 11.9 Å². The summed E-state index contributed by atoms with van der Waals surface area (Å²) in [4.78, 5) is 14.9. The summed E-state index contributed by atoms with van der Waals surface area (Å²) in [7, 11) is 0. The maximum atomic E-state index is 12.6. The van der Waals surface area contributed by atoms with Gasteiger partial charge in [-0.3, -0.25) is 9.69 Å². The van der Waals surface area contributed by atoms with Crippen LogP contribution in [0.3, 0.4) is 0 Å². The highest BCUT2D eigenvalue weighted by Crippen LogP contribution is 2.40.